The second-order valence-corrected chi connectivity index (χ2v) is 6.39. The van der Waals surface area contributed by atoms with Gasteiger partial charge in [-0.05, 0) is 18.2 Å². The van der Waals surface area contributed by atoms with E-state index in [9.17, 15) is 26.4 Å². The Bertz CT molecular complexity index is 669. The number of halogens is 3. The van der Waals surface area contributed by atoms with Crippen molar-refractivity contribution in [1.82, 2.24) is 4.90 Å². The molecule has 0 bridgehead atoms. The van der Waals surface area contributed by atoms with Gasteiger partial charge in [0.1, 0.15) is 12.0 Å². The van der Waals surface area contributed by atoms with Gasteiger partial charge in [0, 0.05) is 30.8 Å². The lowest BCUT2D eigenvalue weighted by Crippen LogP contribution is -2.36. The van der Waals surface area contributed by atoms with Crippen LogP contribution in [0.2, 0.25) is 0 Å². The van der Waals surface area contributed by atoms with Crippen LogP contribution in [0.25, 0.3) is 0 Å². The zero-order valence-electron chi connectivity index (χ0n) is 11.9. The smallest absolute Gasteiger partial charge is 0.379 e. The van der Waals surface area contributed by atoms with Gasteiger partial charge in [0.25, 0.3) is 0 Å². The summed E-state index contributed by atoms with van der Waals surface area (Å²) in [5, 5.41) is 0. The molecule has 1 fully saturated rings. The second kappa shape index (κ2) is 6.85. The van der Waals surface area contributed by atoms with Gasteiger partial charge in [-0.2, -0.15) is 21.6 Å². The number of carbonyl (C=O) groups excluding carboxylic acids is 1. The number of aldehydes is 1. The molecule has 0 unspecified atom stereocenters. The second-order valence-electron chi connectivity index (χ2n) is 4.86. The molecule has 0 radical (unpaired) electrons. The normalized spacial score (nSPS) is 17.0. The third kappa shape index (κ3) is 4.43. The number of ether oxygens (including phenoxy) is 1. The Morgan fingerprint density at radius 1 is 1.26 bits per heavy atom. The summed E-state index contributed by atoms with van der Waals surface area (Å²) in [6.45, 7) is 2.15. The Hall–Kier alpha value is -1.65. The monoisotopic (exact) mass is 353 g/mol. The van der Waals surface area contributed by atoms with Gasteiger partial charge < -0.3 is 8.92 Å². The molecule has 0 spiro atoms. The van der Waals surface area contributed by atoms with E-state index < -0.39 is 21.4 Å². The van der Waals surface area contributed by atoms with Gasteiger partial charge in [0.2, 0.25) is 0 Å². The molecule has 1 heterocycles. The Morgan fingerprint density at radius 2 is 1.91 bits per heavy atom. The van der Waals surface area contributed by atoms with E-state index in [1.807, 2.05) is 4.90 Å². The van der Waals surface area contributed by atoms with Crippen molar-refractivity contribution < 1.29 is 35.3 Å². The number of hydrogen-bond acceptors (Lipinski definition) is 6. The molecule has 1 aliphatic heterocycles. The van der Waals surface area contributed by atoms with Crippen LogP contribution < -0.4 is 4.18 Å². The highest BCUT2D eigenvalue weighted by atomic mass is 32.2. The molecule has 0 aliphatic carbocycles. The number of hydrogen-bond donors (Lipinski definition) is 0. The van der Waals surface area contributed by atoms with Crippen LogP contribution in [0.5, 0.6) is 5.75 Å². The lowest BCUT2D eigenvalue weighted by molar-refractivity contribution is -0.0500. The SMILES string of the molecule is O=Cc1ccc(OS(=O)(=O)C(F)(F)F)c(CN2CCOCC2)c1. The van der Waals surface area contributed by atoms with Gasteiger partial charge in [-0.25, -0.2) is 0 Å². The third-order valence-corrected chi connectivity index (χ3v) is 4.17. The van der Waals surface area contributed by atoms with Crippen molar-refractivity contribution in [2.24, 2.45) is 0 Å². The lowest BCUT2D eigenvalue weighted by atomic mass is 10.1. The molecule has 1 saturated heterocycles. The minimum atomic E-state index is -5.77. The van der Waals surface area contributed by atoms with Crippen LogP contribution in [-0.4, -0.2) is 51.4 Å². The van der Waals surface area contributed by atoms with Crippen molar-refractivity contribution in [3.05, 3.63) is 29.3 Å². The van der Waals surface area contributed by atoms with E-state index in [1.54, 1.807) is 0 Å². The van der Waals surface area contributed by atoms with Crippen molar-refractivity contribution in [3.8, 4) is 5.75 Å². The minimum Gasteiger partial charge on any atom is -0.379 e. The van der Waals surface area contributed by atoms with E-state index in [2.05, 4.69) is 4.18 Å². The topological polar surface area (TPSA) is 72.9 Å². The predicted octanol–water partition coefficient (Wildman–Crippen LogP) is 1.56. The molecule has 10 heteroatoms. The van der Waals surface area contributed by atoms with Crippen LogP contribution in [0, 0.1) is 0 Å². The van der Waals surface area contributed by atoms with Gasteiger partial charge in [0.05, 0.1) is 13.2 Å². The van der Waals surface area contributed by atoms with Crippen molar-refractivity contribution in [3.63, 3.8) is 0 Å². The Kier molecular flexibility index (Phi) is 5.27. The van der Waals surface area contributed by atoms with Crippen molar-refractivity contribution >= 4 is 16.4 Å². The van der Waals surface area contributed by atoms with Gasteiger partial charge in [-0.1, -0.05) is 0 Å². The highest BCUT2D eigenvalue weighted by Crippen LogP contribution is 2.30. The van der Waals surface area contributed by atoms with E-state index in [1.165, 1.54) is 12.1 Å². The summed E-state index contributed by atoms with van der Waals surface area (Å²) in [5.74, 6) is -0.445. The highest BCUT2D eigenvalue weighted by molar-refractivity contribution is 7.88. The molecule has 1 aromatic carbocycles. The van der Waals surface area contributed by atoms with Crippen LogP contribution in [0.1, 0.15) is 15.9 Å². The Morgan fingerprint density at radius 3 is 2.48 bits per heavy atom. The molecular weight excluding hydrogens is 339 g/mol. The van der Waals surface area contributed by atoms with E-state index in [0.29, 0.717) is 32.6 Å². The van der Waals surface area contributed by atoms with Crippen LogP contribution in [-0.2, 0) is 21.4 Å². The molecule has 6 nitrogen and oxygen atoms in total. The Balaban J connectivity index is 2.29. The quantitative estimate of drug-likeness (QED) is 0.454. The summed E-state index contributed by atoms with van der Waals surface area (Å²) < 4.78 is 69.1. The average molecular weight is 353 g/mol. The first kappa shape index (κ1) is 17.7. The van der Waals surface area contributed by atoms with Crippen LogP contribution in [0.4, 0.5) is 13.2 Å². The zero-order chi connectivity index (χ0) is 17.1. The molecule has 2 rings (SSSR count). The molecule has 0 N–H and O–H groups in total. The number of carbonyl (C=O) groups is 1. The van der Waals surface area contributed by atoms with E-state index >= 15 is 0 Å². The van der Waals surface area contributed by atoms with Gasteiger partial charge in [-0.3, -0.25) is 9.69 Å². The molecule has 128 valence electrons. The average Bonchev–Trinajstić information content (AvgIpc) is 2.48. The standard InChI is InChI=1S/C13H14F3NO5S/c14-13(15,16)23(19,20)22-12-2-1-10(9-18)7-11(12)8-17-3-5-21-6-4-17/h1-2,7,9H,3-6,8H2. The number of morpholine rings is 1. The molecule has 0 aromatic heterocycles. The summed E-state index contributed by atoms with van der Waals surface area (Å²) >= 11 is 0. The summed E-state index contributed by atoms with van der Waals surface area (Å²) in [4.78, 5) is 12.7. The summed E-state index contributed by atoms with van der Waals surface area (Å²) in [6, 6.07) is 3.55. The number of nitrogens with zero attached hydrogens (tertiary/aromatic N) is 1. The molecule has 23 heavy (non-hydrogen) atoms. The fraction of sp³-hybridized carbons (Fsp3) is 0.462. The molecule has 1 aliphatic rings. The van der Waals surface area contributed by atoms with Crippen molar-refractivity contribution in [2.75, 3.05) is 26.3 Å². The molecule has 0 amide bonds. The van der Waals surface area contributed by atoms with Gasteiger partial charge in [0.15, 0.2) is 0 Å². The first-order chi connectivity index (χ1) is 10.7. The van der Waals surface area contributed by atoms with E-state index in [-0.39, 0.29) is 17.7 Å². The molecule has 1 aromatic rings. The number of alkyl halides is 3. The largest absolute Gasteiger partial charge is 0.534 e. The molecular formula is C13H14F3NO5S. The predicted molar refractivity (Wildman–Crippen MR) is 73.5 cm³/mol. The van der Waals surface area contributed by atoms with Gasteiger partial charge in [-0.15, -0.1) is 0 Å². The molecule has 0 saturated carbocycles. The maximum atomic E-state index is 12.5. The lowest BCUT2D eigenvalue weighted by Gasteiger charge is -2.27. The van der Waals surface area contributed by atoms with Gasteiger partial charge >= 0.3 is 15.6 Å². The Labute approximate surface area is 130 Å². The third-order valence-electron chi connectivity index (χ3n) is 3.20. The van der Waals surface area contributed by atoms with Crippen molar-refractivity contribution in [2.45, 2.75) is 12.1 Å². The van der Waals surface area contributed by atoms with Crippen LogP contribution in [0.3, 0.4) is 0 Å². The fourth-order valence-electron chi connectivity index (χ4n) is 2.04. The molecule has 0 atom stereocenters. The summed E-state index contributed by atoms with van der Waals surface area (Å²) in [7, 11) is -5.77. The maximum Gasteiger partial charge on any atom is 0.534 e. The van der Waals surface area contributed by atoms with Crippen molar-refractivity contribution in [1.29, 1.82) is 0 Å². The number of benzene rings is 1. The minimum absolute atomic E-state index is 0.147. The first-order valence-corrected chi connectivity index (χ1v) is 8.03. The zero-order valence-corrected chi connectivity index (χ0v) is 12.7. The van der Waals surface area contributed by atoms with Crippen LogP contribution in [0.15, 0.2) is 18.2 Å². The fourth-order valence-corrected chi connectivity index (χ4v) is 2.54. The van der Waals surface area contributed by atoms with E-state index in [4.69, 9.17) is 4.74 Å². The summed E-state index contributed by atoms with van der Waals surface area (Å²) in [5.41, 5.74) is -5.12. The first-order valence-electron chi connectivity index (χ1n) is 6.62. The van der Waals surface area contributed by atoms with Crippen LogP contribution >= 0.6 is 0 Å². The van der Waals surface area contributed by atoms with E-state index in [0.717, 1.165) is 6.07 Å². The number of rotatable bonds is 5. The highest BCUT2D eigenvalue weighted by Gasteiger charge is 2.48. The summed E-state index contributed by atoms with van der Waals surface area (Å²) in [6.07, 6.45) is 0.519. The maximum absolute atomic E-state index is 12.5.